The second-order valence-electron chi connectivity index (χ2n) is 1.60. The maximum Gasteiger partial charge on any atom is 0.319 e. The minimum atomic E-state index is -0.328. The van der Waals surface area contributed by atoms with Gasteiger partial charge >= 0.3 is 5.97 Å². The molecule has 0 fully saturated rings. The Hall–Kier alpha value is -1.41. The number of ether oxygens (including phenoxy) is 1. The molecule has 0 aromatic carbocycles. The van der Waals surface area contributed by atoms with E-state index >= 15 is 0 Å². The number of hydrogen-bond acceptors (Lipinski definition) is 2. The molecule has 0 heterocycles. The molecular formula is C8H8O2. The Bertz CT molecular complexity index is 200. The van der Waals surface area contributed by atoms with Gasteiger partial charge in [0, 0.05) is 12.3 Å². The molecule has 0 saturated heterocycles. The van der Waals surface area contributed by atoms with Gasteiger partial charge in [0.1, 0.15) is 6.11 Å². The number of esters is 1. The minimum absolute atomic E-state index is 0.328. The maximum atomic E-state index is 10.5. The van der Waals surface area contributed by atoms with E-state index in [1.165, 1.54) is 0 Å². The average Bonchev–Trinajstić information content (AvgIpc) is 1.89. The van der Waals surface area contributed by atoms with Gasteiger partial charge in [0.15, 0.2) is 0 Å². The van der Waals surface area contributed by atoms with Gasteiger partial charge in [0.05, 0.1) is 0 Å². The Morgan fingerprint density at radius 2 is 2.40 bits per heavy atom. The number of rotatable bonds is 2. The predicted octanol–water partition coefficient (Wildman–Crippen LogP) is 0.924. The van der Waals surface area contributed by atoms with Gasteiger partial charge in [-0.1, -0.05) is 6.92 Å². The fourth-order valence-electron chi connectivity index (χ4n) is 0.367. The topological polar surface area (TPSA) is 26.3 Å². The van der Waals surface area contributed by atoms with Crippen LogP contribution in [0.5, 0.6) is 0 Å². The van der Waals surface area contributed by atoms with Crippen LogP contribution in [0, 0.1) is 24.4 Å². The zero-order chi connectivity index (χ0) is 7.82. The van der Waals surface area contributed by atoms with Gasteiger partial charge in [-0.2, -0.15) is 0 Å². The molecule has 0 spiro atoms. The van der Waals surface area contributed by atoms with Crippen LogP contribution in [0.4, 0.5) is 0 Å². The van der Waals surface area contributed by atoms with Crippen LogP contribution in [0.2, 0.25) is 0 Å². The van der Waals surface area contributed by atoms with Crippen LogP contribution in [0.1, 0.15) is 19.8 Å². The highest BCUT2D eigenvalue weighted by molar-refractivity contribution is 5.70. The Balaban J connectivity index is 3.51. The summed E-state index contributed by atoms with van der Waals surface area (Å²) in [5.74, 6) is 3.87. The minimum Gasteiger partial charge on any atom is -0.371 e. The summed E-state index contributed by atoms with van der Waals surface area (Å²) in [6.07, 6.45) is 8.01. The summed E-state index contributed by atoms with van der Waals surface area (Å²) in [7, 11) is 0. The first-order valence-corrected chi connectivity index (χ1v) is 2.96. The number of hydrogen-bond donors (Lipinski definition) is 0. The zero-order valence-electron chi connectivity index (χ0n) is 5.81. The van der Waals surface area contributed by atoms with Gasteiger partial charge in [-0.05, 0) is 12.3 Å². The summed E-state index contributed by atoms with van der Waals surface area (Å²) in [6.45, 7) is 1.88. The second-order valence-corrected chi connectivity index (χ2v) is 1.60. The molecule has 2 nitrogen and oxygen atoms in total. The lowest BCUT2D eigenvalue weighted by Gasteiger charge is -1.89. The van der Waals surface area contributed by atoms with Gasteiger partial charge in [-0.25, -0.2) is 0 Å². The molecule has 0 aliphatic heterocycles. The van der Waals surface area contributed by atoms with E-state index in [-0.39, 0.29) is 5.97 Å². The number of carbonyl (C=O) groups excluding carboxylic acids is 1. The molecule has 52 valence electrons. The van der Waals surface area contributed by atoms with Crippen molar-refractivity contribution in [1.82, 2.24) is 0 Å². The van der Waals surface area contributed by atoms with Gasteiger partial charge in [0.25, 0.3) is 0 Å². The summed E-state index contributed by atoms with van der Waals surface area (Å²) in [5, 5.41) is 0. The molecule has 0 saturated carbocycles. The molecule has 0 N–H and O–H groups in total. The lowest BCUT2D eigenvalue weighted by molar-refractivity contribution is -0.136. The van der Waals surface area contributed by atoms with Gasteiger partial charge in [-0.3, -0.25) is 4.79 Å². The van der Waals surface area contributed by atoms with Gasteiger partial charge in [0.2, 0.25) is 0 Å². The molecule has 0 amide bonds. The Labute approximate surface area is 60.6 Å². The van der Waals surface area contributed by atoms with Crippen molar-refractivity contribution in [3.05, 3.63) is 0 Å². The van der Waals surface area contributed by atoms with E-state index in [4.69, 9.17) is 6.42 Å². The van der Waals surface area contributed by atoms with Crippen molar-refractivity contribution in [2.24, 2.45) is 0 Å². The number of carbonyl (C=O) groups is 1. The third-order valence-corrected chi connectivity index (χ3v) is 0.742. The fraction of sp³-hybridized carbons (Fsp3) is 0.375. The molecule has 0 atom stereocenters. The van der Waals surface area contributed by atoms with Crippen LogP contribution in [-0.2, 0) is 9.53 Å². The van der Waals surface area contributed by atoms with E-state index < -0.39 is 0 Å². The summed E-state index contributed by atoms with van der Waals surface area (Å²) in [5.41, 5.74) is 0. The predicted molar refractivity (Wildman–Crippen MR) is 37.6 cm³/mol. The maximum absolute atomic E-state index is 10.5. The van der Waals surface area contributed by atoms with E-state index in [0.29, 0.717) is 6.42 Å². The first kappa shape index (κ1) is 8.59. The quantitative estimate of drug-likeness (QED) is 0.417. The molecule has 0 aromatic rings. The van der Waals surface area contributed by atoms with Crippen LogP contribution >= 0.6 is 0 Å². The van der Waals surface area contributed by atoms with Crippen molar-refractivity contribution in [2.45, 2.75) is 19.8 Å². The molecule has 0 aliphatic rings. The molecule has 0 aliphatic carbocycles. The molecule has 0 rings (SSSR count). The Kier molecular flexibility index (Phi) is 4.91. The average molecular weight is 136 g/mol. The third kappa shape index (κ3) is 4.74. The van der Waals surface area contributed by atoms with Crippen LogP contribution < -0.4 is 0 Å². The van der Waals surface area contributed by atoms with Crippen molar-refractivity contribution in [2.75, 3.05) is 0 Å². The van der Waals surface area contributed by atoms with E-state index in [0.717, 1.165) is 6.42 Å². The van der Waals surface area contributed by atoms with E-state index in [9.17, 15) is 4.79 Å². The first-order chi connectivity index (χ1) is 4.81. The van der Waals surface area contributed by atoms with Crippen LogP contribution in [0.3, 0.4) is 0 Å². The lowest BCUT2D eigenvalue weighted by Crippen LogP contribution is -1.97. The summed E-state index contributed by atoms with van der Waals surface area (Å²) >= 11 is 0. The molecule has 2 heteroatoms. The van der Waals surface area contributed by atoms with Crippen molar-refractivity contribution in [1.29, 1.82) is 0 Å². The molecule has 0 radical (unpaired) electrons. The van der Waals surface area contributed by atoms with E-state index in [2.05, 4.69) is 16.8 Å². The highest BCUT2D eigenvalue weighted by Crippen LogP contribution is 1.88. The molecular weight excluding hydrogens is 128 g/mol. The van der Waals surface area contributed by atoms with Crippen molar-refractivity contribution >= 4 is 5.97 Å². The van der Waals surface area contributed by atoms with Gasteiger partial charge in [-0.15, -0.1) is 6.42 Å². The highest BCUT2D eigenvalue weighted by Gasteiger charge is 1.95. The Morgan fingerprint density at radius 1 is 1.70 bits per heavy atom. The SMILES string of the molecule is C#CC#COC(=O)CCC. The fourth-order valence-corrected chi connectivity index (χ4v) is 0.367. The highest BCUT2D eigenvalue weighted by atomic mass is 16.5. The number of terminal acetylenes is 1. The van der Waals surface area contributed by atoms with E-state index in [1.54, 1.807) is 0 Å². The monoisotopic (exact) mass is 136 g/mol. The lowest BCUT2D eigenvalue weighted by atomic mass is 10.3. The van der Waals surface area contributed by atoms with Crippen molar-refractivity contribution < 1.29 is 9.53 Å². The summed E-state index contributed by atoms with van der Waals surface area (Å²) in [6, 6.07) is 0. The van der Waals surface area contributed by atoms with Gasteiger partial charge < -0.3 is 4.74 Å². The second kappa shape index (κ2) is 5.72. The van der Waals surface area contributed by atoms with Crippen molar-refractivity contribution in [3.8, 4) is 24.4 Å². The molecule has 10 heavy (non-hydrogen) atoms. The largest absolute Gasteiger partial charge is 0.371 e. The summed E-state index contributed by atoms with van der Waals surface area (Å²) in [4.78, 5) is 10.5. The van der Waals surface area contributed by atoms with Crippen molar-refractivity contribution in [3.63, 3.8) is 0 Å². The standard InChI is InChI=1S/C8H8O2/c1-3-5-7-10-8(9)6-4-2/h1H,4,6H2,2H3. The zero-order valence-corrected chi connectivity index (χ0v) is 5.81. The first-order valence-electron chi connectivity index (χ1n) is 2.96. The summed E-state index contributed by atoms with van der Waals surface area (Å²) < 4.78 is 4.38. The molecule has 0 bridgehead atoms. The molecule has 0 unspecified atom stereocenters. The van der Waals surface area contributed by atoms with Crippen LogP contribution in [-0.4, -0.2) is 5.97 Å². The Morgan fingerprint density at radius 3 is 2.90 bits per heavy atom. The normalized spacial score (nSPS) is 6.80. The van der Waals surface area contributed by atoms with Crippen LogP contribution in [0.25, 0.3) is 0 Å². The molecule has 0 aromatic heterocycles. The third-order valence-electron chi connectivity index (χ3n) is 0.742. The smallest absolute Gasteiger partial charge is 0.319 e. The van der Waals surface area contributed by atoms with Crippen LogP contribution in [0.15, 0.2) is 0 Å². The van der Waals surface area contributed by atoms with E-state index in [1.807, 2.05) is 12.8 Å².